The Kier molecular flexibility index (Phi) is 5.07. The van der Waals surface area contributed by atoms with Gasteiger partial charge in [-0.1, -0.05) is 12.1 Å². The molecule has 0 radical (unpaired) electrons. The Bertz CT molecular complexity index is 871. The highest BCUT2D eigenvalue weighted by molar-refractivity contribution is 6.03. The Morgan fingerprint density at radius 1 is 1.11 bits per heavy atom. The van der Waals surface area contributed by atoms with E-state index in [1.54, 1.807) is 36.4 Å². The minimum absolute atomic E-state index is 0.0910. The maximum atomic E-state index is 11.7. The van der Waals surface area contributed by atoms with Crippen LogP contribution in [0.5, 0.6) is 23.0 Å². The lowest BCUT2D eigenvalue weighted by atomic mass is 9.97. The fourth-order valence-corrected chi connectivity index (χ4v) is 3.10. The van der Waals surface area contributed by atoms with Crippen LogP contribution in [0.4, 0.5) is 4.79 Å². The van der Waals surface area contributed by atoms with Gasteiger partial charge in [-0.25, -0.2) is 4.79 Å². The zero-order valence-electron chi connectivity index (χ0n) is 15.2. The van der Waals surface area contributed by atoms with Crippen molar-refractivity contribution in [1.82, 2.24) is 5.01 Å². The number of carboxylic acid groups (broad SMARTS) is 1. The lowest BCUT2D eigenvalue weighted by molar-refractivity contribution is 0.134. The molecule has 0 aliphatic carbocycles. The number of phenolic OH excluding ortho intramolecular Hbond substituents is 1. The molecule has 2 aromatic rings. The van der Waals surface area contributed by atoms with Crippen molar-refractivity contribution >= 4 is 11.8 Å². The Morgan fingerprint density at radius 3 is 2.30 bits per heavy atom. The van der Waals surface area contributed by atoms with Crippen molar-refractivity contribution in [3.05, 3.63) is 47.5 Å². The summed E-state index contributed by atoms with van der Waals surface area (Å²) in [6.07, 6.45) is -0.835. The maximum Gasteiger partial charge on any atom is 0.428 e. The summed E-state index contributed by atoms with van der Waals surface area (Å²) in [6, 6.07) is 9.42. The third kappa shape index (κ3) is 3.46. The van der Waals surface area contributed by atoms with Crippen molar-refractivity contribution in [2.24, 2.45) is 5.10 Å². The number of carbonyl (C=O) groups is 1. The standard InChI is InChI=1S/C19H20N2O6/c1-25-16-8-12(9-17(26-2)18(16)27-3)15-10-14(20-21(15)19(23)24)11-5-4-6-13(22)7-11/h4-9,15,22H,10H2,1-3H3,(H,23,24). The van der Waals surface area contributed by atoms with Crippen LogP contribution < -0.4 is 14.2 Å². The van der Waals surface area contributed by atoms with Crippen molar-refractivity contribution in [1.29, 1.82) is 0 Å². The lowest BCUT2D eigenvalue weighted by Crippen LogP contribution is -2.25. The molecule has 1 atom stereocenters. The van der Waals surface area contributed by atoms with Crippen LogP contribution in [0.15, 0.2) is 41.5 Å². The first-order chi connectivity index (χ1) is 13.0. The zero-order chi connectivity index (χ0) is 19.6. The fraction of sp³-hybridized carbons (Fsp3) is 0.263. The molecule has 0 fully saturated rings. The second kappa shape index (κ2) is 7.45. The minimum Gasteiger partial charge on any atom is -0.508 e. The molecule has 2 N–H and O–H groups in total. The molecule has 1 aliphatic heterocycles. The number of ether oxygens (including phenoxy) is 3. The van der Waals surface area contributed by atoms with E-state index in [-0.39, 0.29) is 5.75 Å². The van der Waals surface area contributed by atoms with Crippen LogP contribution >= 0.6 is 0 Å². The van der Waals surface area contributed by atoms with Crippen molar-refractivity contribution < 1.29 is 29.2 Å². The van der Waals surface area contributed by atoms with Gasteiger partial charge in [-0.15, -0.1) is 0 Å². The predicted octanol–water partition coefficient (Wildman–Crippen LogP) is 3.25. The van der Waals surface area contributed by atoms with E-state index < -0.39 is 12.1 Å². The largest absolute Gasteiger partial charge is 0.508 e. The smallest absolute Gasteiger partial charge is 0.428 e. The summed E-state index contributed by atoms with van der Waals surface area (Å²) in [6.45, 7) is 0. The number of hydrazone groups is 1. The van der Waals surface area contributed by atoms with Crippen LogP contribution in [0, 0.1) is 0 Å². The number of phenols is 1. The van der Waals surface area contributed by atoms with E-state index in [1.807, 2.05) is 0 Å². The van der Waals surface area contributed by atoms with E-state index in [9.17, 15) is 15.0 Å². The molecule has 1 unspecified atom stereocenters. The van der Waals surface area contributed by atoms with E-state index in [4.69, 9.17) is 14.2 Å². The van der Waals surface area contributed by atoms with Gasteiger partial charge in [0.1, 0.15) is 5.75 Å². The summed E-state index contributed by atoms with van der Waals surface area (Å²) in [5, 5.41) is 24.5. The highest BCUT2D eigenvalue weighted by Gasteiger charge is 2.34. The SMILES string of the molecule is COc1cc(C2CC(c3cccc(O)c3)=NN2C(=O)O)cc(OC)c1OC. The Hall–Kier alpha value is -3.42. The predicted molar refractivity (Wildman–Crippen MR) is 98.0 cm³/mol. The fourth-order valence-electron chi connectivity index (χ4n) is 3.10. The summed E-state index contributed by atoms with van der Waals surface area (Å²) in [4.78, 5) is 11.7. The normalized spacial score (nSPS) is 16.0. The number of rotatable bonds is 5. The van der Waals surface area contributed by atoms with Crippen molar-refractivity contribution in [3.8, 4) is 23.0 Å². The van der Waals surface area contributed by atoms with Crippen LogP contribution in [-0.4, -0.2) is 48.4 Å². The molecular weight excluding hydrogens is 352 g/mol. The summed E-state index contributed by atoms with van der Waals surface area (Å²) >= 11 is 0. The third-order valence-electron chi connectivity index (χ3n) is 4.36. The van der Waals surface area contributed by atoms with Gasteiger partial charge < -0.3 is 24.4 Å². The van der Waals surface area contributed by atoms with Gasteiger partial charge in [0.05, 0.1) is 33.1 Å². The lowest BCUT2D eigenvalue weighted by Gasteiger charge is -2.21. The number of methoxy groups -OCH3 is 3. The molecule has 1 aliphatic rings. The monoisotopic (exact) mass is 372 g/mol. The molecule has 142 valence electrons. The average Bonchev–Trinajstić information content (AvgIpc) is 3.12. The molecule has 8 nitrogen and oxygen atoms in total. The summed E-state index contributed by atoms with van der Waals surface area (Å²) in [5.41, 5.74) is 1.88. The molecule has 1 heterocycles. The van der Waals surface area contributed by atoms with Gasteiger partial charge in [-0.3, -0.25) is 0 Å². The topological polar surface area (TPSA) is 101 Å². The molecule has 1 amide bonds. The Balaban J connectivity index is 2.03. The summed E-state index contributed by atoms with van der Waals surface area (Å²) < 4.78 is 16.0. The first-order valence-corrected chi connectivity index (χ1v) is 8.17. The maximum absolute atomic E-state index is 11.7. The molecule has 2 aromatic carbocycles. The van der Waals surface area contributed by atoms with Gasteiger partial charge in [-0.2, -0.15) is 10.1 Å². The van der Waals surface area contributed by atoms with Crippen LogP contribution in [0.1, 0.15) is 23.6 Å². The van der Waals surface area contributed by atoms with Gasteiger partial charge in [0.25, 0.3) is 0 Å². The molecule has 0 saturated carbocycles. The van der Waals surface area contributed by atoms with E-state index >= 15 is 0 Å². The molecule has 0 spiro atoms. The van der Waals surface area contributed by atoms with Crippen molar-refractivity contribution in [2.45, 2.75) is 12.5 Å². The van der Waals surface area contributed by atoms with Crippen molar-refractivity contribution in [2.75, 3.05) is 21.3 Å². The number of hydrogen-bond acceptors (Lipinski definition) is 6. The first-order valence-electron chi connectivity index (χ1n) is 8.17. The molecule has 0 aromatic heterocycles. The second-order valence-electron chi connectivity index (χ2n) is 5.90. The van der Waals surface area contributed by atoms with Crippen LogP contribution in [0.25, 0.3) is 0 Å². The number of amides is 1. The zero-order valence-corrected chi connectivity index (χ0v) is 15.2. The summed E-state index contributed by atoms with van der Waals surface area (Å²) in [5.74, 6) is 1.39. The third-order valence-corrected chi connectivity index (χ3v) is 4.36. The van der Waals surface area contributed by atoms with Gasteiger partial charge in [-0.05, 0) is 29.8 Å². The van der Waals surface area contributed by atoms with Gasteiger partial charge in [0.2, 0.25) is 5.75 Å². The van der Waals surface area contributed by atoms with Gasteiger partial charge in [0, 0.05) is 12.0 Å². The minimum atomic E-state index is -1.18. The number of benzene rings is 2. The van der Waals surface area contributed by atoms with Gasteiger partial charge >= 0.3 is 6.09 Å². The first kappa shape index (κ1) is 18.4. The highest BCUT2D eigenvalue weighted by Crippen LogP contribution is 2.43. The number of nitrogens with zero attached hydrogens (tertiary/aromatic N) is 2. The van der Waals surface area contributed by atoms with Crippen LogP contribution in [-0.2, 0) is 0 Å². The van der Waals surface area contributed by atoms with Crippen LogP contribution in [0.2, 0.25) is 0 Å². The quantitative estimate of drug-likeness (QED) is 0.836. The Morgan fingerprint density at radius 2 is 1.78 bits per heavy atom. The molecular formula is C19H20N2O6. The average molecular weight is 372 g/mol. The molecule has 27 heavy (non-hydrogen) atoms. The van der Waals surface area contributed by atoms with E-state index in [1.165, 1.54) is 21.3 Å². The summed E-state index contributed by atoms with van der Waals surface area (Å²) in [7, 11) is 4.50. The second-order valence-corrected chi connectivity index (χ2v) is 5.90. The molecule has 0 saturated heterocycles. The van der Waals surface area contributed by atoms with E-state index in [0.29, 0.717) is 40.5 Å². The van der Waals surface area contributed by atoms with E-state index in [0.717, 1.165) is 5.01 Å². The highest BCUT2D eigenvalue weighted by atomic mass is 16.5. The number of hydrogen-bond donors (Lipinski definition) is 2. The van der Waals surface area contributed by atoms with Gasteiger partial charge in [0.15, 0.2) is 11.5 Å². The van der Waals surface area contributed by atoms with E-state index in [2.05, 4.69) is 5.10 Å². The molecule has 8 heteroatoms. The van der Waals surface area contributed by atoms with Crippen LogP contribution in [0.3, 0.4) is 0 Å². The molecule has 3 rings (SSSR count). The Labute approximate surface area is 156 Å². The molecule has 0 bridgehead atoms. The number of aromatic hydroxyl groups is 1. The van der Waals surface area contributed by atoms with Crippen molar-refractivity contribution in [3.63, 3.8) is 0 Å².